The van der Waals surface area contributed by atoms with E-state index < -0.39 is 11.4 Å². The van der Waals surface area contributed by atoms with Gasteiger partial charge in [0, 0.05) is 6.61 Å². The smallest absolute Gasteiger partial charge is 0.313 e. The fourth-order valence-corrected chi connectivity index (χ4v) is 2.30. The minimum Gasteiger partial charge on any atom is -0.493 e. The first-order valence-corrected chi connectivity index (χ1v) is 6.18. The Morgan fingerprint density at radius 1 is 1.50 bits per heavy atom. The standard InChI is InChI=1S/C14H18O4/c1-14(6-7-15,13(16)17)11-4-5-12-10(9-11)3-2-8-18-12/h4-5,9,15H,2-3,6-8H2,1H3,(H,16,17). The van der Waals surface area contributed by atoms with E-state index in [0.29, 0.717) is 0 Å². The zero-order chi connectivity index (χ0) is 13.2. The first kappa shape index (κ1) is 12.9. The monoisotopic (exact) mass is 250 g/mol. The Kier molecular flexibility index (Phi) is 3.57. The summed E-state index contributed by atoms with van der Waals surface area (Å²) in [6, 6.07) is 5.52. The van der Waals surface area contributed by atoms with Crippen molar-refractivity contribution in [2.24, 2.45) is 0 Å². The summed E-state index contributed by atoms with van der Waals surface area (Å²) in [5, 5.41) is 18.4. The van der Waals surface area contributed by atoms with Gasteiger partial charge in [0.25, 0.3) is 0 Å². The van der Waals surface area contributed by atoms with Gasteiger partial charge in [-0.05, 0) is 43.4 Å². The van der Waals surface area contributed by atoms with Crippen LogP contribution in [-0.2, 0) is 16.6 Å². The Hall–Kier alpha value is -1.55. The molecule has 0 radical (unpaired) electrons. The van der Waals surface area contributed by atoms with Gasteiger partial charge in [0.05, 0.1) is 12.0 Å². The van der Waals surface area contributed by atoms with Gasteiger partial charge in [-0.1, -0.05) is 12.1 Å². The van der Waals surface area contributed by atoms with E-state index in [1.165, 1.54) is 0 Å². The van der Waals surface area contributed by atoms with Crippen LogP contribution >= 0.6 is 0 Å². The Balaban J connectivity index is 2.39. The lowest BCUT2D eigenvalue weighted by Crippen LogP contribution is -2.33. The predicted octanol–water partition coefficient (Wildman–Crippen LogP) is 1.74. The molecule has 98 valence electrons. The lowest BCUT2D eigenvalue weighted by Gasteiger charge is -2.26. The van der Waals surface area contributed by atoms with Crippen molar-refractivity contribution in [1.82, 2.24) is 0 Å². The number of rotatable bonds is 4. The summed E-state index contributed by atoms with van der Waals surface area (Å²) >= 11 is 0. The van der Waals surface area contributed by atoms with Crippen molar-refractivity contribution < 1.29 is 19.7 Å². The molecule has 4 nitrogen and oxygen atoms in total. The summed E-state index contributed by atoms with van der Waals surface area (Å²) < 4.78 is 5.51. The van der Waals surface area contributed by atoms with Gasteiger partial charge in [0.2, 0.25) is 0 Å². The first-order valence-electron chi connectivity index (χ1n) is 6.18. The molecule has 18 heavy (non-hydrogen) atoms. The maximum Gasteiger partial charge on any atom is 0.313 e. The van der Waals surface area contributed by atoms with Crippen molar-refractivity contribution in [1.29, 1.82) is 0 Å². The maximum absolute atomic E-state index is 11.4. The van der Waals surface area contributed by atoms with Crippen molar-refractivity contribution in [3.05, 3.63) is 29.3 Å². The van der Waals surface area contributed by atoms with Gasteiger partial charge < -0.3 is 14.9 Å². The summed E-state index contributed by atoms with van der Waals surface area (Å²) in [5.74, 6) is -0.0602. The number of benzene rings is 1. The number of fused-ring (bicyclic) bond motifs is 1. The van der Waals surface area contributed by atoms with Crippen LogP contribution in [0.15, 0.2) is 18.2 Å². The zero-order valence-electron chi connectivity index (χ0n) is 10.5. The molecule has 1 atom stereocenters. The number of carboxylic acid groups (broad SMARTS) is 1. The van der Waals surface area contributed by atoms with E-state index >= 15 is 0 Å². The van der Waals surface area contributed by atoms with E-state index in [9.17, 15) is 9.90 Å². The lowest BCUT2D eigenvalue weighted by molar-refractivity contribution is -0.143. The van der Waals surface area contributed by atoms with Crippen molar-refractivity contribution in [2.45, 2.75) is 31.6 Å². The average molecular weight is 250 g/mol. The molecule has 1 aliphatic rings. The normalized spacial score (nSPS) is 17.4. The SMILES string of the molecule is CC(CCO)(C(=O)O)c1ccc2c(c1)CCCO2. The largest absolute Gasteiger partial charge is 0.493 e. The maximum atomic E-state index is 11.4. The number of carboxylic acids is 1. The van der Waals surface area contributed by atoms with Crippen LogP contribution in [0.2, 0.25) is 0 Å². The first-order chi connectivity index (χ1) is 8.58. The second-order valence-corrected chi connectivity index (χ2v) is 4.89. The van der Waals surface area contributed by atoms with Gasteiger partial charge in [-0.25, -0.2) is 0 Å². The fraction of sp³-hybridized carbons (Fsp3) is 0.500. The van der Waals surface area contributed by atoms with Crippen LogP contribution in [0, 0.1) is 0 Å². The van der Waals surface area contributed by atoms with Gasteiger partial charge in [-0.2, -0.15) is 0 Å². The van der Waals surface area contributed by atoms with Crippen LogP contribution < -0.4 is 4.74 Å². The van der Waals surface area contributed by atoms with Crippen molar-refractivity contribution in [3.63, 3.8) is 0 Å². The van der Waals surface area contributed by atoms with E-state index in [2.05, 4.69) is 0 Å². The molecular weight excluding hydrogens is 232 g/mol. The molecule has 1 aromatic rings. The third-order valence-electron chi connectivity index (χ3n) is 3.63. The van der Waals surface area contributed by atoms with E-state index in [-0.39, 0.29) is 13.0 Å². The number of hydrogen-bond acceptors (Lipinski definition) is 3. The molecule has 0 spiro atoms. The minimum atomic E-state index is -1.04. The van der Waals surface area contributed by atoms with Crippen molar-refractivity contribution in [3.8, 4) is 5.75 Å². The molecule has 0 aromatic heterocycles. The van der Waals surface area contributed by atoms with Crippen LogP contribution in [0.3, 0.4) is 0 Å². The van der Waals surface area contributed by atoms with E-state index in [1.807, 2.05) is 12.1 Å². The molecule has 1 unspecified atom stereocenters. The van der Waals surface area contributed by atoms with Crippen LogP contribution in [0.1, 0.15) is 30.9 Å². The number of aliphatic hydroxyl groups is 1. The molecule has 1 aliphatic heterocycles. The predicted molar refractivity (Wildman–Crippen MR) is 66.9 cm³/mol. The Morgan fingerprint density at radius 3 is 2.94 bits per heavy atom. The molecule has 1 heterocycles. The van der Waals surface area contributed by atoms with E-state index in [1.54, 1.807) is 13.0 Å². The molecule has 2 N–H and O–H groups in total. The number of aliphatic hydroxyl groups excluding tert-OH is 1. The van der Waals surface area contributed by atoms with Gasteiger partial charge in [-0.15, -0.1) is 0 Å². The number of hydrogen-bond donors (Lipinski definition) is 2. The summed E-state index contributed by atoms with van der Waals surface area (Å²) in [4.78, 5) is 11.4. The highest BCUT2D eigenvalue weighted by Gasteiger charge is 2.35. The van der Waals surface area contributed by atoms with Crippen molar-refractivity contribution in [2.75, 3.05) is 13.2 Å². The molecular formula is C14H18O4. The highest BCUT2D eigenvalue weighted by Crippen LogP contribution is 2.33. The third kappa shape index (κ3) is 2.20. The molecule has 0 aliphatic carbocycles. The summed E-state index contributed by atoms with van der Waals surface area (Å²) in [5.41, 5.74) is 0.749. The van der Waals surface area contributed by atoms with Gasteiger partial charge in [0.1, 0.15) is 5.75 Å². The quantitative estimate of drug-likeness (QED) is 0.854. The molecule has 0 fully saturated rings. The van der Waals surface area contributed by atoms with Crippen LogP contribution in [0.4, 0.5) is 0 Å². The number of aryl methyl sites for hydroxylation is 1. The third-order valence-corrected chi connectivity index (χ3v) is 3.63. The van der Waals surface area contributed by atoms with E-state index in [0.717, 1.165) is 36.3 Å². The summed E-state index contributed by atoms with van der Waals surface area (Å²) in [6.45, 7) is 2.23. The second-order valence-electron chi connectivity index (χ2n) is 4.89. The number of aliphatic carboxylic acids is 1. The molecule has 0 saturated heterocycles. The molecule has 4 heteroatoms. The number of ether oxygens (including phenoxy) is 1. The second kappa shape index (κ2) is 4.98. The van der Waals surface area contributed by atoms with Gasteiger partial charge in [-0.3, -0.25) is 4.79 Å². The van der Waals surface area contributed by atoms with E-state index in [4.69, 9.17) is 9.84 Å². The van der Waals surface area contributed by atoms with Crippen LogP contribution in [-0.4, -0.2) is 29.4 Å². The molecule has 0 bridgehead atoms. The summed E-state index contributed by atoms with van der Waals surface area (Å²) in [6.07, 6.45) is 2.08. The molecule has 0 amide bonds. The van der Waals surface area contributed by atoms with Crippen LogP contribution in [0.5, 0.6) is 5.75 Å². The Bertz CT molecular complexity index is 455. The Morgan fingerprint density at radius 2 is 2.28 bits per heavy atom. The Labute approximate surface area is 106 Å². The molecule has 0 saturated carbocycles. The minimum absolute atomic E-state index is 0.142. The summed E-state index contributed by atoms with van der Waals surface area (Å²) in [7, 11) is 0. The average Bonchev–Trinajstić information content (AvgIpc) is 2.38. The fourth-order valence-electron chi connectivity index (χ4n) is 2.30. The topological polar surface area (TPSA) is 66.8 Å². The lowest BCUT2D eigenvalue weighted by atomic mass is 9.79. The highest BCUT2D eigenvalue weighted by molar-refractivity contribution is 5.81. The highest BCUT2D eigenvalue weighted by atomic mass is 16.5. The molecule has 2 rings (SSSR count). The van der Waals surface area contributed by atoms with Gasteiger partial charge >= 0.3 is 5.97 Å². The van der Waals surface area contributed by atoms with Crippen molar-refractivity contribution >= 4 is 5.97 Å². The van der Waals surface area contributed by atoms with Gasteiger partial charge in [0.15, 0.2) is 0 Å². The van der Waals surface area contributed by atoms with Crippen LogP contribution in [0.25, 0.3) is 0 Å². The number of carbonyl (C=O) groups is 1. The zero-order valence-corrected chi connectivity index (χ0v) is 10.5. The molecule has 1 aromatic carbocycles.